The third kappa shape index (κ3) is 18.7. The predicted molar refractivity (Wildman–Crippen MR) is 96.1 cm³/mol. The van der Waals surface area contributed by atoms with Gasteiger partial charge in [0.15, 0.2) is 0 Å². The summed E-state index contributed by atoms with van der Waals surface area (Å²) >= 11 is 0. The van der Waals surface area contributed by atoms with Crippen LogP contribution in [0.1, 0.15) is 84.0 Å². The maximum absolute atomic E-state index is 10.3. The van der Waals surface area contributed by atoms with Gasteiger partial charge in [-0.25, -0.2) is 0 Å². The number of allylic oxidation sites excluding steroid dienone is 6. The average molecular weight is 306 g/mol. The lowest BCUT2D eigenvalue weighted by Crippen LogP contribution is -1.92. The van der Waals surface area contributed by atoms with Crippen LogP contribution in [-0.4, -0.2) is 11.1 Å². The monoisotopic (exact) mass is 306 g/mol. The van der Waals surface area contributed by atoms with Gasteiger partial charge in [-0.05, 0) is 57.8 Å². The second kappa shape index (κ2) is 17.7. The van der Waals surface area contributed by atoms with Crippen molar-refractivity contribution in [2.45, 2.75) is 84.0 Å². The lowest BCUT2D eigenvalue weighted by atomic mass is 10.1. The molecule has 0 fully saturated rings. The molecular weight excluding hydrogens is 272 g/mol. The largest absolute Gasteiger partial charge is 0.481 e. The summed E-state index contributed by atoms with van der Waals surface area (Å²) < 4.78 is 0. The number of rotatable bonds is 15. The summed E-state index contributed by atoms with van der Waals surface area (Å²) in [6.07, 6.45) is 26.3. The number of aliphatic carboxylic acids is 1. The van der Waals surface area contributed by atoms with Gasteiger partial charge in [-0.2, -0.15) is 0 Å². The first kappa shape index (κ1) is 20.7. The standard InChI is InChI=1S/C20H34O2/c1-2-3-4-5-6-7-8-9-10-11-12-13-14-15-16-17-18-19-20(21)22/h6-7,9-10,14-15H,2-5,8,11-13,16-19H2,1H3,(H,21,22). The molecule has 0 aliphatic rings. The second-order valence-electron chi connectivity index (χ2n) is 5.72. The third-order valence-corrected chi connectivity index (χ3v) is 3.50. The molecule has 0 rings (SSSR count). The van der Waals surface area contributed by atoms with Crippen molar-refractivity contribution in [3.8, 4) is 0 Å². The molecule has 0 aliphatic carbocycles. The van der Waals surface area contributed by atoms with Crippen LogP contribution in [0.25, 0.3) is 0 Å². The molecule has 0 aromatic heterocycles. The van der Waals surface area contributed by atoms with Crippen molar-refractivity contribution in [1.29, 1.82) is 0 Å². The van der Waals surface area contributed by atoms with E-state index in [-0.39, 0.29) is 0 Å². The van der Waals surface area contributed by atoms with Crippen LogP contribution >= 0.6 is 0 Å². The Kier molecular flexibility index (Phi) is 16.7. The molecule has 0 saturated carbocycles. The Morgan fingerprint density at radius 1 is 0.727 bits per heavy atom. The van der Waals surface area contributed by atoms with Crippen molar-refractivity contribution in [2.24, 2.45) is 0 Å². The summed E-state index contributed by atoms with van der Waals surface area (Å²) in [7, 11) is 0. The molecule has 0 spiro atoms. The summed E-state index contributed by atoms with van der Waals surface area (Å²) in [5.41, 5.74) is 0. The van der Waals surface area contributed by atoms with Gasteiger partial charge >= 0.3 is 5.97 Å². The molecule has 126 valence electrons. The summed E-state index contributed by atoms with van der Waals surface area (Å²) in [5, 5.41) is 8.51. The maximum Gasteiger partial charge on any atom is 0.303 e. The van der Waals surface area contributed by atoms with Crippen LogP contribution in [0, 0.1) is 0 Å². The lowest BCUT2D eigenvalue weighted by molar-refractivity contribution is -0.137. The number of carboxylic acid groups (broad SMARTS) is 1. The molecule has 0 aliphatic heterocycles. The molecule has 2 heteroatoms. The minimum atomic E-state index is -0.688. The van der Waals surface area contributed by atoms with Crippen LogP contribution in [0.2, 0.25) is 0 Å². The third-order valence-electron chi connectivity index (χ3n) is 3.50. The summed E-state index contributed by atoms with van der Waals surface area (Å²) in [4.78, 5) is 10.3. The van der Waals surface area contributed by atoms with E-state index in [1.165, 1.54) is 32.1 Å². The normalized spacial score (nSPS) is 12.0. The predicted octanol–water partition coefficient (Wildman–Crippen LogP) is 6.44. The number of carboxylic acids is 1. The van der Waals surface area contributed by atoms with Gasteiger partial charge in [-0.3, -0.25) is 4.79 Å². The smallest absolute Gasteiger partial charge is 0.303 e. The Morgan fingerprint density at radius 3 is 1.77 bits per heavy atom. The van der Waals surface area contributed by atoms with E-state index in [0.717, 1.165) is 38.5 Å². The molecule has 0 unspecified atom stereocenters. The van der Waals surface area contributed by atoms with E-state index in [1.807, 2.05) is 0 Å². The Bertz CT molecular complexity index is 327. The Hall–Kier alpha value is -1.31. The van der Waals surface area contributed by atoms with E-state index < -0.39 is 5.97 Å². The molecule has 22 heavy (non-hydrogen) atoms. The molecule has 1 N–H and O–H groups in total. The zero-order valence-electron chi connectivity index (χ0n) is 14.3. The minimum Gasteiger partial charge on any atom is -0.481 e. The van der Waals surface area contributed by atoms with Crippen molar-refractivity contribution < 1.29 is 9.90 Å². The van der Waals surface area contributed by atoms with E-state index in [9.17, 15) is 4.79 Å². The van der Waals surface area contributed by atoms with Gasteiger partial charge in [0, 0.05) is 6.42 Å². The van der Waals surface area contributed by atoms with Crippen LogP contribution in [0.4, 0.5) is 0 Å². The molecular formula is C20H34O2. The number of unbranched alkanes of at least 4 members (excludes halogenated alkanes) is 7. The number of hydrogen-bond acceptors (Lipinski definition) is 1. The molecule has 0 aromatic rings. The number of hydrogen-bond donors (Lipinski definition) is 1. The van der Waals surface area contributed by atoms with E-state index in [1.54, 1.807) is 0 Å². The van der Waals surface area contributed by atoms with Gasteiger partial charge in [0.2, 0.25) is 0 Å². The first-order valence-electron chi connectivity index (χ1n) is 8.94. The molecule has 0 bridgehead atoms. The highest BCUT2D eigenvalue weighted by Gasteiger charge is 1.94. The van der Waals surface area contributed by atoms with Crippen LogP contribution < -0.4 is 0 Å². The Balaban J connectivity index is 3.27. The second-order valence-corrected chi connectivity index (χ2v) is 5.72. The molecule has 0 heterocycles. The maximum atomic E-state index is 10.3. The molecule has 0 saturated heterocycles. The minimum absolute atomic E-state index is 0.297. The first-order valence-corrected chi connectivity index (χ1v) is 8.94. The fraction of sp³-hybridized carbons (Fsp3) is 0.650. The molecule has 2 nitrogen and oxygen atoms in total. The molecule has 0 atom stereocenters. The van der Waals surface area contributed by atoms with Gasteiger partial charge in [-0.15, -0.1) is 0 Å². The lowest BCUT2D eigenvalue weighted by Gasteiger charge is -1.94. The highest BCUT2D eigenvalue weighted by atomic mass is 16.4. The van der Waals surface area contributed by atoms with Gasteiger partial charge in [0.1, 0.15) is 0 Å². The van der Waals surface area contributed by atoms with Crippen molar-refractivity contribution in [3.05, 3.63) is 36.5 Å². The summed E-state index contributed by atoms with van der Waals surface area (Å²) in [5.74, 6) is -0.688. The van der Waals surface area contributed by atoms with Crippen LogP contribution in [0.15, 0.2) is 36.5 Å². The van der Waals surface area contributed by atoms with E-state index in [2.05, 4.69) is 43.4 Å². The Morgan fingerprint density at radius 2 is 1.23 bits per heavy atom. The first-order chi connectivity index (χ1) is 10.8. The SMILES string of the molecule is CCCCCC=CCC=CCCCC=CCCCCC(=O)O. The van der Waals surface area contributed by atoms with Gasteiger partial charge in [0.25, 0.3) is 0 Å². The average Bonchev–Trinajstić information content (AvgIpc) is 2.50. The van der Waals surface area contributed by atoms with Crippen molar-refractivity contribution in [1.82, 2.24) is 0 Å². The molecule has 0 radical (unpaired) electrons. The van der Waals surface area contributed by atoms with E-state index >= 15 is 0 Å². The molecule has 0 aromatic carbocycles. The van der Waals surface area contributed by atoms with Gasteiger partial charge in [-0.1, -0.05) is 56.2 Å². The highest BCUT2D eigenvalue weighted by molar-refractivity contribution is 5.66. The van der Waals surface area contributed by atoms with Crippen LogP contribution in [0.5, 0.6) is 0 Å². The van der Waals surface area contributed by atoms with Crippen molar-refractivity contribution in [2.75, 3.05) is 0 Å². The fourth-order valence-electron chi connectivity index (χ4n) is 2.15. The fourth-order valence-corrected chi connectivity index (χ4v) is 2.15. The quantitative estimate of drug-likeness (QED) is 0.279. The number of carbonyl (C=O) groups is 1. The summed E-state index contributed by atoms with van der Waals surface area (Å²) in [6, 6.07) is 0. The van der Waals surface area contributed by atoms with Gasteiger partial charge < -0.3 is 5.11 Å². The van der Waals surface area contributed by atoms with E-state index in [4.69, 9.17) is 5.11 Å². The zero-order valence-corrected chi connectivity index (χ0v) is 14.3. The van der Waals surface area contributed by atoms with E-state index in [0.29, 0.717) is 6.42 Å². The Labute approximate surface area is 137 Å². The van der Waals surface area contributed by atoms with Crippen molar-refractivity contribution in [3.63, 3.8) is 0 Å². The van der Waals surface area contributed by atoms with Crippen LogP contribution in [-0.2, 0) is 4.79 Å². The highest BCUT2D eigenvalue weighted by Crippen LogP contribution is 2.04. The summed E-state index contributed by atoms with van der Waals surface area (Å²) in [6.45, 7) is 2.24. The topological polar surface area (TPSA) is 37.3 Å². The van der Waals surface area contributed by atoms with Crippen molar-refractivity contribution >= 4 is 5.97 Å². The zero-order chi connectivity index (χ0) is 16.3. The van der Waals surface area contributed by atoms with Gasteiger partial charge in [0.05, 0.1) is 0 Å². The van der Waals surface area contributed by atoms with Crippen LogP contribution in [0.3, 0.4) is 0 Å². The molecule has 0 amide bonds.